The highest BCUT2D eigenvalue weighted by molar-refractivity contribution is 5.98. The number of hydrogen-bond acceptors (Lipinski definition) is 4. The molecule has 5 heteroatoms. The molecule has 1 heterocycles. The van der Waals surface area contributed by atoms with Gasteiger partial charge in [-0.2, -0.15) is 10.4 Å². The van der Waals surface area contributed by atoms with E-state index in [-0.39, 0.29) is 12.2 Å². The first-order valence-electron chi connectivity index (χ1n) is 8.63. The first-order chi connectivity index (χ1) is 13.1. The molecule has 0 N–H and O–H groups in total. The number of hydrogen-bond donors (Lipinski definition) is 0. The van der Waals surface area contributed by atoms with Crippen molar-refractivity contribution in [3.05, 3.63) is 77.5 Å². The fraction of sp³-hybridized carbons (Fsp3) is 0.136. The zero-order chi connectivity index (χ0) is 19.2. The van der Waals surface area contributed by atoms with Gasteiger partial charge >= 0.3 is 5.97 Å². The Kier molecular flexibility index (Phi) is 5.48. The van der Waals surface area contributed by atoms with E-state index in [0.717, 1.165) is 16.8 Å². The van der Waals surface area contributed by atoms with Crippen LogP contribution < -0.4 is 0 Å². The van der Waals surface area contributed by atoms with Gasteiger partial charge in [0.2, 0.25) is 0 Å². The Labute approximate surface area is 158 Å². The second kappa shape index (κ2) is 8.15. The average Bonchev–Trinajstić information content (AvgIpc) is 3.11. The molecule has 1 aromatic heterocycles. The number of para-hydroxylation sites is 1. The van der Waals surface area contributed by atoms with Gasteiger partial charge in [-0.05, 0) is 32.1 Å². The van der Waals surface area contributed by atoms with E-state index in [9.17, 15) is 10.1 Å². The van der Waals surface area contributed by atoms with Crippen molar-refractivity contribution in [3.8, 4) is 23.0 Å². The van der Waals surface area contributed by atoms with E-state index in [4.69, 9.17) is 4.74 Å². The molecule has 0 saturated heterocycles. The first kappa shape index (κ1) is 18.2. The van der Waals surface area contributed by atoms with E-state index in [1.165, 1.54) is 6.08 Å². The molecule has 0 fully saturated rings. The fourth-order valence-electron chi connectivity index (χ4n) is 2.64. The summed E-state index contributed by atoms with van der Waals surface area (Å²) in [7, 11) is 0. The smallest absolute Gasteiger partial charge is 0.348 e. The standard InChI is InChI=1S/C22H19N3O2/c1-3-27-22(26)18(14-23)13-19-15-25(20-7-5-4-6-8-20)24-21(19)17-11-9-16(2)10-12-17/h4-13,15H,3H2,1-2H3/b18-13+. The molecule has 0 radical (unpaired) electrons. The molecule has 0 atom stereocenters. The molecule has 2 aromatic carbocycles. The zero-order valence-electron chi connectivity index (χ0n) is 15.2. The zero-order valence-corrected chi connectivity index (χ0v) is 15.2. The lowest BCUT2D eigenvalue weighted by molar-refractivity contribution is -0.137. The van der Waals surface area contributed by atoms with Crippen LogP contribution in [0.1, 0.15) is 18.1 Å². The molecule has 0 saturated carbocycles. The van der Waals surface area contributed by atoms with Crippen LogP contribution in [0.25, 0.3) is 23.0 Å². The molecule has 0 unspecified atom stereocenters. The van der Waals surface area contributed by atoms with Crippen LogP contribution in [0, 0.1) is 18.3 Å². The van der Waals surface area contributed by atoms with Crippen molar-refractivity contribution < 1.29 is 9.53 Å². The van der Waals surface area contributed by atoms with Crippen LogP contribution in [0.2, 0.25) is 0 Å². The van der Waals surface area contributed by atoms with E-state index in [1.807, 2.05) is 67.6 Å². The Hall–Kier alpha value is -3.65. The molecule has 3 aromatic rings. The minimum absolute atomic E-state index is 0.0576. The maximum Gasteiger partial charge on any atom is 0.348 e. The summed E-state index contributed by atoms with van der Waals surface area (Å²) in [6.07, 6.45) is 3.33. The van der Waals surface area contributed by atoms with Gasteiger partial charge < -0.3 is 4.74 Å². The number of benzene rings is 2. The van der Waals surface area contributed by atoms with Crippen LogP contribution >= 0.6 is 0 Å². The molecule has 5 nitrogen and oxygen atoms in total. The van der Waals surface area contributed by atoms with Crippen LogP contribution in [0.15, 0.2) is 66.4 Å². The lowest BCUT2D eigenvalue weighted by atomic mass is 10.0. The highest BCUT2D eigenvalue weighted by Crippen LogP contribution is 2.26. The largest absolute Gasteiger partial charge is 0.462 e. The molecule has 0 aliphatic carbocycles. The molecule has 0 amide bonds. The Balaban J connectivity index is 2.13. The van der Waals surface area contributed by atoms with Crippen LogP contribution in [0.4, 0.5) is 0 Å². The van der Waals surface area contributed by atoms with Gasteiger partial charge in [0.1, 0.15) is 11.6 Å². The van der Waals surface area contributed by atoms with E-state index < -0.39 is 5.97 Å². The molecule has 134 valence electrons. The molecule has 0 bridgehead atoms. The summed E-state index contributed by atoms with van der Waals surface area (Å²) >= 11 is 0. The molecular formula is C22H19N3O2. The summed E-state index contributed by atoms with van der Waals surface area (Å²) in [6, 6.07) is 19.5. The number of carbonyl (C=O) groups excluding carboxylic acids is 1. The maximum absolute atomic E-state index is 12.0. The van der Waals surface area contributed by atoms with Crippen molar-refractivity contribution >= 4 is 12.0 Å². The topological polar surface area (TPSA) is 67.9 Å². The predicted molar refractivity (Wildman–Crippen MR) is 104 cm³/mol. The summed E-state index contributed by atoms with van der Waals surface area (Å²) in [5.41, 5.74) is 4.24. The van der Waals surface area contributed by atoms with Crippen molar-refractivity contribution in [1.82, 2.24) is 9.78 Å². The first-order valence-corrected chi connectivity index (χ1v) is 8.63. The lowest BCUT2D eigenvalue weighted by Gasteiger charge is -2.02. The summed E-state index contributed by atoms with van der Waals surface area (Å²) < 4.78 is 6.70. The normalized spacial score (nSPS) is 11.1. The van der Waals surface area contributed by atoms with Crippen LogP contribution in [-0.4, -0.2) is 22.4 Å². The van der Waals surface area contributed by atoms with Gasteiger partial charge in [0.25, 0.3) is 0 Å². The number of aromatic nitrogens is 2. The van der Waals surface area contributed by atoms with E-state index in [1.54, 1.807) is 17.8 Å². The van der Waals surface area contributed by atoms with Crippen molar-refractivity contribution in [1.29, 1.82) is 5.26 Å². The van der Waals surface area contributed by atoms with E-state index in [2.05, 4.69) is 5.10 Å². The highest BCUT2D eigenvalue weighted by atomic mass is 16.5. The summed E-state index contributed by atoms with van der Waals surface area (Å²) in [6.45, 7) is 3.94. The number of ether oxygens (including phenoxy) is 1. The van der Waals surface area contributed by atoms with Crippen LogP contribution in [0.3, 0.4) is 0 Å². The second-order valence-electron chi connectivity index (χ2n) is 5.97. The number of rotatable bonds is 5. The van der Waals surface area contributed by atoms with Gasteiger partial charge in [-0.15, -0.1) is 0 Å². The van der Waals surface area contributed by atoms with Crippen molar-refractivity contribution in [2.45, 2.75) is 13.8 Å². The SMILES string of the molecule is CCOC(=O)/C(C#N)=C/c1cn(-c2ccccc2)nc1-c1ccc(C)cc1. The third kappa shape index (κ3) is 4.13. The Morgan fingerprint density at radius 3 is 2.52 bits per heavy atom. The highest BCUT2D eigenvalue weighted by Gasteiger charge is 2.15. The van der Waals surface area contributed by atoms with Gasteiger partial charge in [0, 0.05) is 17.3 Å². The predicted octanol–water partition coefficient (Wildman–Crippen LogP) is 4.32. The van der Waals surface area contributed by atoms with Crippen LogP contribution in [0.5, 0.6) is 0 Å². The molecule has 3 rings (SSSR count). The molecular weight excluding hydrogens is 338 g/mol. The number of carbonyl (C=O) groups is 1. The molecule has 0 aliphatic rings. The molecule has 27 heavy (non-hydrogen) atoms. The van der Waals surface area contributed by atoms with Gasteiger partial charge in [0.05, 0.1) is 18.0 Å². The van der Waals surface area contributed by atoms with Gasteiger partial charge in [0.15, 0.2) is 0 Å². The minimum Gasteiger partial charge on any atom is -0.462 e. The molecule has 0 spiro atoms. The monoisotopic (exact) mass is 357 g/mol. The lowest BCUT2D eigenvalue weighted by Crippen LogP contribution is -2.06. The van der Waals surface area contributed by atoms with Crippen molar-refractivity contribution in [3.63, 3.8) is 0 Å². The van der Waals surface area contributed by atoms with Gasteiger partial charge in [-0.25, -0.2) is 9.48 Å². The van der Waals surface area contributed by atoms with Crippen molar-refractivity contribution in [2.24, 2.45) is 0 Å². The third-order valence-corrected chi connectivity index (χ3v) is 4.00. The molecule has 0 aliphatic heterocycles. The number of nitriles is 1. The third-order valence-electron chi connectivity index (χ3n) is 4.00. The van der Waals surface area contributed by atoms with E-state index in [0.29, 0.717) is 11.3 Å². The van der Waals surface area contributed by atoms with Gasteiger partial charge in [-0.1, -0.05) is 48.0 Å². The number of nitrogens with zero attached hydrogens (tertiary/aromatic N) is 3. The summed E-state index contributed by atoms with van der Waals surface area (Å²) in [4.78, 5) is 12.0. The van der Waals surface area contributed by atoms with Crippen LogP contribution in [-0.2, 0) is 9.53 Å². The average molecular weight is 357 g/mol. The number of esters is 1. The van der Waals surface area contributed by atoms with Gasteiger partial charge in [-0.3, -0.25) is 0 Å². The summed E-state index contributed by atoms with van der Waals surface area (Å²) in [5, 5.41) is 14.0. The fourth-order valence-corrected chi connectivity index (χ4v) is 2.64. The maximum atomic E-state index is 12.0. The number of aryl methyl sites for hydroxylation is 1. The Morgan fingerprint density at radius 1 is 1.19 bits per heavy atom. The quantitative estimate of drug-likeness (QED) is 0.387. The Morgan fingerprint density at radius 2 is 1.89 bits per heavy atom. The van der Waals surface area contributed by atoms with Crippen molar-refractivity contribution in [2.75, 3.05) is 6.61 Å². The second-order valence-corrected chi connectivity index (χ2v) is 5.97. The summed E-state index contributed by atoms with van der Waals surface area (Å²) in [5.74, 6) is -0.637. The Bertz CT molecular complexity index is 1010. The van der Waals surface area contributed by atoms with E-state index >= 15 is 0 Å². The minimum atomic E-state index is -0.637.